The zero-order valence-corrected chi connectivity index (χ0v) is 6.40. The molecule has 1 aliphatic heterocycles. The Bertz CT molecular complexity index is 120. The van der Waals surface area contributed by atoms with Crippen LogP contribution in [0.2, 0.25) is 0 Å². The van der Waals surface area contributed by atoms with Gasteiger partial charge >= 0.3 is 0 Å². The molecule has 0 aromatic rings. The van der Waals surface area contributed by atoms with Crippen molar-refractivity contribution in [3.05, 3.63) is 0 Å². The van der Waals surface area contributed by atoms with E-state index in [1.807, 2.05) is 0 Å². The van der Waals surface area contributed by atoms with Crippen LogP contribution in [0.1, 0.15) is 25.7 Å². The molecule has 0 spiro atoms. The van der Waals surface area contributed by atoms with Crippen molar-refractivity contribution in [3.63, 3.8) is 0 Å². The van der Waals surface area contributed by atoms with E-state index in [1.54, 1.807) is 4.90 Å². The molecule has 1 rings (SSSR count). The molecule has 1 aliphatic rings. The number of hydrogen-bond acceptors (Lipinski definition) is 1. The molecule has 1 fully saturated rings. The topological polar surface area (TPSA) is 28.2 Å². The number of nitriles is 1. The van der Waals surface area contributed by atoms with Gasteiger partial charge in [0.15, 0.2) is 0 Å². The summed E-state index contributed by atoms with van der Waals surface area (Å²) in [6, 6.07) is 2.18. The van der Waals surface area contributed by atoms with Crippen LogP contribution < -0.4 is 4.90 Å². The molecule has 10 heavy (non-hydrogen) atoms. The number of rotatable bonds is 3. The molecule has 0 aromatic heterocycles. The standard InChI is InChI=1S/C8H14N2/c9-5-1-2-6-10-7-3-4-8-10/h1-4,6-8H2/p+1. The summed E-state index contributed by atoms with van der Waals surface area (Å²) in [6.45, 7) is 3.89. The van der Waals surface area contributed by atoms with E-state index in [1.165, 1.54) is 32.5 Å². The highest BCUT2D eigenvalue weighted by Gasteiger charge is 2.13. The molecular formula is C8H15N2+. The Morgan fingerprint density at radius 1 is 1.30 bits per heavy atom. The zero-order chi connectivity index (χ0) is 7.23. The van der Waals surface area contributed by atoms with Gasteiger partial charge < -0.3 is 4.90 Å². The van der Waals surface area contributed by atoms with E-state index in [9.17, 15) is 0 Å². The van der Waals surface area contributed by atoms with Crippen molar-refractivity contribution in [2.45, 2.75) is 25.7 Å². The number of nitrogens with zero attached hydrogens (tertiary/aromatic N) is 1. The third-order valence-electron chi connectivity index (χ3n) is 2.13. The third-order valence-corrected chi connectivity index (χ3v) is 2.13. The van der Waals surface area contributed by atoms with Gasteiger partial charge in [-0.15, -0.1) is 0 Å². The Balaban J connectivity index is 1.97. The van der Waals surface area contributed by atoms with Gasteiger partial charge in [0.25, 0.3) is 0 Å². The Morgan fingerprint density at radius 3 is 2.60 bits per heavy atom. The van der Waals surface area contributed by atoms with Gasteiger partial charge in [-0.25, -0.2) is 0 Å². The van der Waals surface area contributed by atoms with E-state index >= 15 is 0 Å². The van der Waals surface area contributed by atoms with Crippen molar-refractivity contribution in [1.29, 1.82) is 5.26 Å². The molecule has 0 saturated carbocycles. The maximum absolute atomic E-state index is 8.28. The number of unbranched alkanes of at least 4 members (excludes halogenated alkanes) is 1. The minimum absolute atomic E-state index is 0.740. The fourth-order valence-electron chi connectivity index (χ4n) is 1.54. The van der Waals surface area contributed by atoms with Crippen LogP contribution in [0.4, 0.5) is 0 Å². The van der Waals surface area contributed by atoms with E-state index in [0.717, 1.165) is 12.8 Å². The molecule has 0 atom stereocenters. The Labute approximate surface area is 62.4 Å². The summed E-state index contributed by atoms with van der Waals surface area (Å²) in [5.74, 6) is 0. The number of quaternary nitrogens is 1. The first kappa shape index (κ1) is 7.56. The van der Waals surface area contributed by atoms with E-state index in [4.69, 9.17) is 5.26 Å². The molecule has 2 heteroatoms. The zero-order valence-electron chi connectivity index (χ0n) is 6.40. The first-order chi connectivity index (χ1) is 4.93. The van der Waals surface area contributed by atoms with Crippen LogP contribution in [-0.4, -0.2) is 19.6 Å². The van der Waals surface area contributed by atoms with Crippen LogP contribution in [0, 0.1) is 11.3 Å². The maximum Gasteiger partial charge on any atom is 0.0780 e. The van der Waals surface area contributed by atoms with E-state index in [2.05, 4.69) is 6.07 Å². The van der Waals surface area contributed by atoms with Gasteiger partial charge in [-0.2, -0.15) is 5.26 Å². The lowest BCUT2D eigenvalue weighted by Gasteiger charge is -2.09. The molecular weight excluding hydrogens is 124 g/mol. The van der Waals surface area contributed by atoms with E-state index in [0.29, 0.717) is 0 Å². The maximum atomic E-state index is 8.28. The van der Waals surface area contributed by atoms with Gasteiger partial charge in [-0.3, -0.25) is 0 Å². The van der Waals surface area contributed by atoms with E-state index < -0.39 is 0 Å². The first-order valence-corrected chi connectivity index (χ1v) is 4.14. The summed E-state index contributed by atoms with van der Waals surface area (Å²) >= 11 is 0. The van der Waals surface area contributed by atoms with Gasteiger partial charge in [-0.1, -0.05) is 0 Å². The lowest BCUT2D eigenvalue weighted by Crippen LogP contribution is -3.09. The average molecular weight is 139 g/mol. The molecule has 56 valence electrons. The molecule has 2 nitrogen and oxygen atoms in total. The molecule has 0 aromatic carbocycles. The highest BCUT2D eigenvalue weighted by Crippen LogP contribution is 1.89. The summed E-state index contributed by atoms with van der Waals surface area (Å²) in [4.78, 5) is 1.70. The predicted octanol–water partition coefficient (Wildman–Crippen LogP) is -0.0311. The monoisotopic (exact) mass is 139 g/mol. The predicted molar refractivity (Wildman–Crippen MR) is 39.6 cm³/mol. The van der Waals surface area contributed by atoms with Crippen LogP contribution in [-0.2, 0) is 0 Å². The molecule has 0 aliphatic carbocycles. The minimum atomic E-state index is 0.740. The lowest BCUT2D eigenvalue weighted by molar-refractivity contribution is -0.887. The van der Waals surface area contributed by atoms with Crippen molar-refractivity contribution >= 4 is 0 Å². The number of nitrogens with one attached hydrogen (secondary N) is 1. The van der Waals surface area contributed by atoms with Gasteiger partial charge in [0.2, 0.25) is 0 Å². The highest BCUT2D eigenvalue weighted by atomic mass is 15.1. The van der Waals surface area contributed by atoms with Crippen LogP contribution in [0.5, 0.6) is 0 Å². The lowest BCUT2D eigenvalue weighted by atomic mass is 10.3. The molecule has 0 unspecified atom stereocenters. The molecule has 0 radical (unpaired) electrons. The van der Waals surface area contributed by atoms with Gasteiger partial charge in [0.05, 0.1) is 25.7 Å². The molecule has 1 N–H and O–H groups in total. The van der Waals surface area contributed by atoms with Crippen LogP contribution in [0.25, 0.3) is 0 Å². The smallest absolute Gasteiger partial charge is 0.0780 e. The molecule has 1 saturated heterocycles. The van der Waals surface area contributed by atoms with Crippen LogP contribution >= 0.6 is 0 Å². The highest BCUT2D eigenvalue weighted by molar-refractivity contribution is 4.67. The van der Waals surface area contributed by atoms with Crippen molar-refractivity contribution in [2.75, 3.05) is 19.6 Å². The summed E-state index contributed by atoms with van der Waals surface area (Å²) < 4.78 is 0. The summed E-state index contributed by atoms with van der Waals surface area (Å²) in [5.41, 5.74) is 0. The number of hydrogen-bond donors (Lipinski definition) is 1. The SMILES string of the molecule is N#CCCC[NH+]1CCCC1. The first-order valence-electron chi connectivity index (χ1n) is 4.14. The largest absolute Gasteiger partial charge is 0.335 e. The summed E-state index contributed by atoms with van der Waals surface area (Å²) in [6.07, 6.45) is 4.61. The van der Waals surface area contributed by atoms with Crippen LogP contribution in [0.3, 0.4) is 0 Å². The Hall–Kier alpha value is -0.550. The molecule has 1 heterocycles. The quantitative estimate of drug-likeness (QED) is 0.546. The Morgan fingerprint density at radius 2 is 2.00 bits per heavy atom. The Kier molecular flexibility index (Phi) is 3.25. The van der Waals surface area contributed by atoms with Gasteiger partial charge in [0, 0.05) is 25.7 Å². The fourth-order valence-corrected chi connectivity index (χ4v) is 1.54. The molecule has 0 bridgehead atoms. The van der Waals surface area contributed by atoms with Crippen molar-refractivity contribution < 1.29 is 4.90 Å². The van der Waals surface area contributed by atoms with Crippen molar-refractivity contribution in [1.82, 2.24) is 0 Å². The van der Waals surface area contributed by atoms with E-state index in [-0.39, 0.29) is 0 Å². The van der Waals surface area contributed by atoms with Crippen molar-refractivity contribution in [3.8, 4) is 6.07 Å². The van der Waals surface area contributed by atoms with Gasteiger partial charge in [-0.05, 0) is 0 Å². The average Bonchev–Trinajstić information content (AvgIpc) is 2.41. The second kappa shape index (κ2) is 4.29. The minimum Gasteiger partial charge on any atom is -0.335 e. The normalized spacial score (nSPS) is 19.1. The fraction of sp³-hybridized carbons (Fsp3) is 0.875. The second-order valence-corrected chi connectivity index (χ2v) is 2.97. The second-order valence-electron chi connectivity index (χ2n) is 2.97. The summed E-state index contributed by atoms with van der Waals surface area (Å²) in [5, 5.41) is 8.28. The summed E-state index contributed by atoms with van der Waals surface area (Å²) in [7, 11) is 0. The molecule has 0 amide bonds. The van der Waals surface area contributed by atoms with Crippen LogP contribution in [0.15, 0.2) is 0 Å². The van der Waals surface area contributed by atoms with Gasteiger partial charge in [0.1, 0.15) is 0 Å². The van der Waals surface area contributed by atoms with Crippen molar-refractivity contribution in [2.24, 2.45) is 0 Å². The third kappa shape index (κ3) is 2.36. The number of likely N-dealkylation sites (tertiary alicyclic amines) is 1.